The molecule has 7 heteroatoms. The highest BCUT2D eigenvalue weighted by Gasteiger charge is 2.40. The molecular formula is C27H33FN2O4. The Balaban J connectivity index is 1.50. The minimum absolute atomic E-state index is 0.0385. The van der Waals surface area contributed by atoms with Crippen molar-refractivity contribution >= 4 is 12.0 Å². The average Bonchev–Trinajstić information content (AvgIpc) is 2.78. The molecule has 0 spiro atoms. The van der Waals surface area contributed by atoms with Crippen LogP contribution in [0.1, 0.15) is 56.8 Å². The molecular weight excluding hydrogens is 435 g/mol. The lowest BCUT2D eigenvalue weighted by molar-refractivity contribution is -0.151. The highest BCUT2D eigenvalue weighted by atomic mass is 19.1. The largest absolute Gasteiger partial charge is 0.444 e. The summed E-state index contributed by atoms with van der Waals surface area (Å²) in [5, 5.41) is 2.87. The molecule has 0 unspecified atom stereocenters. The van der Waals surface area contributed by atoms with Gasteiger partial charge in [-0.3, -0.25) is 4.79 Å². The Morgan fingerprint density at radius 2 is 1.82 bits per heavy atom. The van der Waals surface area contributed by atoms with Gasteiger partial charge in [0.2, 0.25) is 0 Å². The van der Waals surface area contributed by atoms with E-state index in [9.17, 15) is 14.0 Å². The smallest absolute Gasteiger partial charge is 0.407 e. The lowest BCUT2D eigenvalue weighted by Crippen LogP contribution is -2.53. The van der Waals surface area contributed by atoms with E-state index in [4.69, 9.17) is 9.47 Å². The van der Waals surface area contributed by atoms with Crippen LogP contribution in [0.5, 0.6) is 0 Å². The van der Waals surface area contributed by atoms with Gasteiger partial charge >= 0.3 is 6.09 Å². The Hall–Kier alpha value is -2.93. The van der Waals surface area contributed by atoms with Crippen LogP contribution in [-0.2, 0) is 20.7 Å². The molecule has 2 heterocycles. The normalized spacial score (nSPS) is 24.8. The van der Waals surface area contributed by atoms with E-state index in [1.54, 1.807) is 12.1 Å². The lowest BCUT2D eigenvalue weighted by atomic mass is 9.86. The summed E-state index contributed by atoms with van der Waals surface area (Å²) in [7, 11) is 0. The zero-order chi connectivity index (χ0) is 24.5. The summed E-state index contributed by atoms with van der Waals surface area (Å²) in [6.45, 7) is 8.26. The number of hydrogen-bond acceptors (Lipinski definition) is 4. The quantitative estimate of drug-likeness (QED) is 0.714. The number of nitrogens with one attached hydrogen (secondary N) is 1. The molecule has 6 nitrogen and oxygen atoms in total. The number of halogens is 1. The molecule has 0 aliphatic carbocycles. The molecule has 1 N–H and O–H groups in total. The van der Waals surface area contributed by atoms with Crippen molar-refractivity contribution in [2.45, 2.75) is 64.3 Å². The molecule has 2 aromatic carbocycles. The van der Waals surface area contributed by atoms with Gasteiger partial charge in [0.05, 0.1) is 18.7 Å². The van der Waals surface area contributed by atoms with Crippen LogP contribution in [0.25, 0.3) is 0 Å². The molecule has 1 fully saturated rings. The first-order valence-corrected chi connectivity index (χ1v) is 11.9. The fourth-order valence-electron chi connectivity index (χ4n) is 4.76. The summed E-state index contributed by atoms with van der Waals surface area (Å²) < 4.78 is 25.0. The second-order valence-electron chi connectivity index (χ2n) is 10.2. The summed E-state index contributed by atoms with van der Waals surface area (Å²) in [6, 6.07) is 13.9. The van der Waals surface area contributed by atoms with E-state index in [-0.39, 0.29) is 36.3 Å². The van der Waals surface area contributed by atoms with E-state index in [1.807, 2.05) is 50.8 Å². The number of hydrogen-bond donors (Lipinski definition) is 1. The number of carbonyl (C=O) groups excluding carboxylic acids is 2. The Morgan fingerprint density at radius 3 is 2.50 bits per heavy atom. The summed E-state index contributed by atoms with van der Waals surface area (Å²) >= 11 is 0. The van der Waals surface area contributed by atoms with Gasteiger partial charge in [-0.2, -0.15) is 0 Å². The first-order chi connectivity index (χ1) is 16.1. The Labute approximate surface area is 200 Å². The van der Waals surface area contributed by atoms with Crippen LogP contribution < -0.4 is 5.32 Å². The van der Waals surface area contributed by atoms with Crippen molar-refractivity contribution in [2.24, 2.45) is 5.92 Å². The standard InChI is InChI=1S/C27H33FN2O4/c1-17-15-23(33-16-22(17)29-26(32)34-27(2,3)4)25(31)30-14-13-18-7-5-6-8-21(18)24(30)19-9-11-20(28)12-10-19/h5-12,17,22-24H,13-16H2,1-4H3,(H,29,32)/t17-,22-,23-,24-/m0/s1. The van der Waals surface area contributed by atoms with Gasteiger partial charge in [0.1, 0.15) is 17.5 Å². The highest BCUT2D eigenvalue weighted by molar-refractivity contribution is 5.82. The number of fused-ring (bicyclic) bond motifs is 1. The number of nitrogens with zero attached hydrogens (tertiary/aromatic N) is 1. The maximum atomic E-state index is 13.7. The summed E-state index contributed by atoms with van der Waals surface area (Å²) in [5.41, 5.74) is 2.54. The Morgan fingerprint density at radius 1 is 1.12 bits per heavy atom. The fourth-order valence-corrected chi connectivity index (χ4v) is 4.76. The predicted octanol–water partition coefficient (Wildman–Crippen LogP) is 4.62. The van der Waals surface area contributed by atoms with Gasteiger partial charge in [0, 0.05) is 6.54 Å². The first kappa shape index (κ1) is 24.2. The van der Waals surface area contributed by atoms with Crippen molar-refractivity contribution in [1.82, 2.24) is 10.2 Å². The van der Waals surface area contributed by atoms with Gasteiger partial charge < -0.3 is 19.7 Å². The van der Waals surface area contributed by atoms with Crippen molar-refractivity contribution in [3.63, 3.8) is 0 Å². The third-order valence-corrected chi connectivity index (χ3v) is 6.48. The summed E-state index contributed by atoms with van der Waals surface area (Å²) in [5.74, 6) is -0.346. The number of amides is 2. The van der Waals surface area contributed by atoms with Crippen LogP contribution in [-0.4, -0.2) is 47.8 Å². The van der Waals surface area contributed by atoms with Gasteiger partial charge in [-0.1, -0.05) is 43.3 Å². The summed E-state index contributed by atoms with van der Waals surface area (Å²) in [4.78, 5) is 27.7. The van der Waals surface area contributed by atoms with Crippen molar-refractivity contribution in [3.8, 4) is 0 Å². The van der Waals surface area contributed by atoms with E-state index in [0.717, 1.165) is 17.5 Å². The van der Waals surface area contributed by atoms with Crippen LogP contribution in [0.15, 0.2) is 48.5 Å². The fraction of sp³-hybridized carbons (Fsp3) is 0.481. The number of carbonyl (C=O) groups is 2. The van der Waals surface area contributed by atoms with Crippen molar-refractivity contribution in [1.29, 1.82) is 0 Å². The number of benzene rings is 2. The monoisotopic (exact) mass is 468 g/mol. The predicted molar refractivity (Wildman–Crippen MR) is 127 cm³/mol. The van der Waals surface area contributed by atoms with E-state index in [1.165, 1.54) is 17.7 Å². The van der Waals surface area contributed by atoms with Gasteiger partial charge in [-0.15, -0.1) is 0 Å². The minimum atomic E-state index is -0.597. The molecule has 34 heavy (non-hydrogen) atoms. The molecule has 4 rings (SSSR count). The Kier molecular flexibility index (Phi) is 6.94. The van der Waals surface area contributed by atoms with E-state index < -0.39 is 17.8 Å². The van der Waals surface area contributed by atoms with Crippen molar-refractivity contribution in [2.75, 3.05) is 13.2 Å². The van der Waals surface area contributed by atoms with Crippen LogP contribution in [0.2, 0.25) is 0 Å². The minimum Gasteiger partial charge on any atom is -0.444 e. The molecule has 2 aromatic rings. The number of alkyl carbamates (subject to hydrolysis) is 1. The number of ether oxygens (including phenoxy) is 2. The molecule has 4 atom stereocenters. The zero-order valence-corrected chi connectivity index (χ0v) is 20.2. The van der Waals surface area contributed by atoms with Gasteiger partial charge in [-0.05, 0) is 68.4 Å². The molecule has 0 aromatic heterocycles. The van der Waals surface area contributed by atoms with E-state index >= 15 is 0 Å². The molecule has 2 amide bonds. The molecule has 1 saturated heterocycles. The topological polar surface area (TPSA) is 67.9 Å². The second kappa shape index (κ2) is 9.74. The third-order valence-electron chi connectivity index (χ3n) is 6.48. The zero-order valence-electron chi connectivity index (χ0n) is 20.2. The van der Waals surface area contributed by atoms with Gasteiger partial charge in [0.15, 0.2) is 0 Å². The first-order valence-electron chi connectivity index (χ1n) is 11.9. The molecule has 182 valence electrons. The van der Waals surface area contributed by atoms with Gasteiger partial charge in [-0.25, -0.2) is 9.18 Å². The van der Waals surface area contributed by atoms with Crippen LogP contribution >= 0.6 is 0 Å². The average molecular weight is 469 g/mol. The highest BCUT2D eigenvalue weighted by Crippen LogP contribution is 2.36. The molecule has 0 radical (unpaired) electrons. The van der Waals surface area contributed by atoms with Crippen molar-refractivity contribution in [3.05, 3.63) is 71.0 Å². The van der Waals surface area contributed by atoms with Gasteiger partial charge in [0.25, 0.3) is 5.91 Å². The van der Waals surface area contributed by atoms with Crippen LogP contribution in [0.3, 0.4) is 0 Å². The molecule has 0 saturated carbocycles. The van der Waals surface area contributed by atoms with E-state index in [0.29, 0.717) is 13.0 Å². The maximum Gasteiger partial charge on any atom is 0.407 e. The Bertz CT molecular complexity index is 1030. The van der Waals surface area contributed by atoms with Crippen molar-refractivity contribution < 1.29 is 23.5 Å². The van der Waals surface area contributed by atoms with E-state index in [2.05, 4.69) is 11.4 Å². The third kappa shape index (κ3) is 5.41. The van der Waals surface area contributed by atoms with Crippen LogP contribution in [0, 0.1) is 11.7 Å². The second-order valence-corrected chi connectivity index (χ2v) is 10.2. The lowest BCUT2D eigenvalue weighted by Gasteiger charge is -2.41. The number of rotatable bonds is 3. The maximum absolute atomic E-state index is 13.7. The molecule has 2 aliphatic rings. The summed E-state index contributed by atoms with van der Waals surface area (Å²) in [6.07, 6.45) is 0.166. The van der Waals surface area contributed by atoms with Crippen LogP contribution in [0.4, 0.5) is 9.18 Å². The molecule has 0 bridgehead atoms. The molecule has 2 aliphatic heterocycles. The SMILES string of the molecule is C[C@H]1C[C@@H](C(=O)N2CCc3ccccc3[C@@H]2c2ccc(F)cc2)OC[C@@H]1NC(=O)OC(C)(C)C.